The lowest BCUT2D eigenvalue weighted by atomic mass is 10.2. The number of nitrogens with zero attached hydrogens (tertiary/aromatic N) is 2. The molecule has 1 amide bonds. The average Bonchev–Trinajstić information content (AvgIpc) is 2.91. The molecular formula is C12H10N4O3. The zero-order valence-electron chi connectivity index (χ0n) is 9.74. The third-order valence-corrected chi connectivity index (χ3v) is 2.34. The maximum Gasteiger partial charge on any atom is 0.282 e. The number of para-hydroxylation sites is 1. The molecule has 7 nitrogen and oxygen atoms in total. The maximum atomic E-state index is 11.8. The highest BCUT2D eigenvalue weighted by Crippen LogP contribution is 2.17. The molecule has 1 heterocycles. The number of aromatic amines is 1. The number of rotatable bonds is 4. The van der Waals surface area contributed by atoms with Crippen LogP contribution < -0.4 is 5.43 Å². The van der Waals surface area contributed by atoms with Gasteiger partial charge in [-0.3, -0.25) is 14.9 Å². The van der Waals surface area contributed by atoms with Crippen molar-refractivity contribution in [2.45, 2.75) is 0 Å². The molecule has 0 radical (unpaired) electrons. The summed E-state index contributed by atoms with van der Waals surface area (Å²) >= 11 is 0. The van der Waals surface area contributed by atoms with Gasteiger partial charge in [-0.1, -0.05) is 12.1 Å². The van der Waals surface area contributed by atoms with Gasteiger partial charge in [0.15, 0.2) is 0 Å². The number of aromatic nitrogens is 1. The molecule has 1 aromatic carbocycles. The summed E-state index contributed by atoms with van der Waals surface area (Å²) in [5, 5.41) is 14.5. The van der Waals surface area contributed by atoms with Crippen LogP contribution in [0.3, 0.4) is 0 Å². The highest BCUT2D eigenvalue weighted by Gasteiger charge is 2.18. The molecule has 1 aromatic heterocycles. The smallest absolute Gasteiger partial charge is 0.282 e. The molecule has 96 valence electrons. The Bertz CT molecular complexity index is 620. The van der Waals surface area contributed by atoms with E-state index >= 15 is 0 Å². The number of benzene rings is 1. The van der Waals surface area contributed by atoms with E-state index in [2.05, 4.69) is 15.5 Å². The molecule has 2 aromatic rings. The van der Waals surface area contributed by atoms with Crippen molar-refractivity contribution in [2.24, 2.45) is 5.10 Å². The van der Waals surface area contributed by atoms with Crippen molar-refractivity contribution in [3.63, 3.8) is 0 Å². The SMILES string of the molecule is O=C(N/N=C/c1ccc[nH]1)c1ccccc1[N+](=O)[O-]. The van der Waals surface area contributed by atoms with Gasteiger partial charge in [0.2, 0.25) is 0 Å². The fourth-order valence-corrected chi connectivity index (χ4v) is 1.47. The predicted octanol–water partition coefficient (Wildman–Crippen LogP) is 1.69. The number of carbonyl (C=O) groups is 1. The number of nitrogens with one attached hydrogen (secondary N) is 2. The lowest BCUT2D eigenvalue weighted by Gasteiger charge is -2.00. The average molecular weight is 258 g/mol. The van der Waals surface area contributed by atoms with Crippen molar-refractivity contribution in [1.29, 1.82) is 0 Å². The van der Waals surface area contributed by atoms with Gasteiger partial charge in [0, 0.05) is 12.3 Å². The van der Waals surface area contributed by atoms with Crippen LogP contribution in [0.1, 0.15) is 16.1 Å². The Morgan fingerprint density at radius 2 is 2.11 bits per heavy atom. The third-order valence-electron chi connectivity index (χ3n) is 2.34. The minimum absolute atomic E-state index is 0.0314. The van der Waals surface area contributed by atoms with E-state index in [9.17, 15) is 14.9 Å². The fourth-order valence-electron chi connectivity index (χ4n) is 1.47. The first-order valence-electron chi connectivity index (χ1n) is 5.38. The molecule has 0 saturated heterocycles. The number of carbonyl (C=O) groups excluding carboxylic acids is 1. The summed E-state index contributed by atoms with van der Waals surface area (Å²) in [5.41, 5.74) is 2.66. The Labute approximate surface area is 108 Å². The number of amides is 1. The Hall–Kier alpha value is -2.96. The van der Waals surface area contributed by atoms with E-state index in [-0.39, 0.29) is 11.3 Å². The second kappa shape index (κ2) is 5.58. The molecule has 0 aliphatic carbocycles. The van der Waals surface area contributed by atoms with Gasteiger partial charge in [-0.05, 0) is 18.2 Å². The van der Waals surface area contributed by atoms with E-state index in [1.807, 2.05) is 0 Å². The molecule has 2 N–H and O–H groups in total. The van der Waals surface area contributed by atoms with Gasteiger partial charge in [-0.15, -0.1) is 0 Å². The first-order chi connectivity index (χ1) is 9.18. The van der Waals surface area contributed by atoms with Gasteiger partial charge in [0.1, 0.15) is 5.56 Å². The molecule has 0 atom stereocenters. The topological polar surface area (TPSA) is 100 Å². The fraction of sp³-hybridized carbons (Fsp3) is 0. The molecule has 0 aliphatic heterocycles. The molecule has 7 heteroatoms. The standard InChI is InChI=1S/C12H10N4O3/c17-12(15-14-8-9-4-3-7-13-9)10-5-1-2-6-11(10)16(18)19/h1-8,13H,(H,15,17)/b14-8+. The molecule has 0 aliphatic rings. The molecule has 2 rings (SSSR count). The largest absolute Gasteiger partial charge is 0.360 e. The van der Waals surface area contributed by atoms with Crippen LogP contribution in [-0.4, -0.2) is 22.0 Å². The number of hydrazone groups is 1. The predicted molar refractivity (Wildman–Crippen MR) is 68.9 cm³/mol. The first kappa shape index (κ1) is 12.5. The zero-order chi connectivity index (χ0) is 13.7. The van der Waals surface area contributed by atoms with E-state index in [1.165, 1.54) is 24.4 Å². The normalized spacial score (nSPS) is 10.5. The highest BCUT2D eigenvalue weighted by atomic mass is 16.6. The first-order valence-corrected chi connectivity index (χ1v) is 5.38. The Morgan fingerprint density at radius 3 is 2.79 bits per heavy atom. The minimum Gasteiger partial charge on any atom is -0.360 e. The highest BCUT2D eigenvalue weighted by molar-refractivity contribution is 5.98. The lowest BCUT2D eigenvalue weighted by molar-refractivity contribution is -0.385. The lowest BCUT2D eigenvalue weighted by Crippen LogP contribution is -2.18. The second-order valence-corrected chi connectivity index (χ2v) is 3.60. The Morgan fingerprint density at radius 1 is 1.32 bits per heavy atom. The van der Waals surface area contributed by atoms with Gasteiger partial charge in [-0.2, -0.15) is 5.10 Å². The van der Waals surface area contributed by atoms with Crippen molar-refractivity contribution in [3.05, 3.63) is 64.0 Å². The van der Waals surface area contributed by atoms with Crippen LogP contribution in [0, 0.1) is 10.1 Å². The van der Waals surface area contributed by atoms with E-state index < -0.39 is 10.8 Å². The Kier molecular flexibility index (Phi) is 3.67. The van der Waals surface area contributed by atoms with Gasteiger partial charge in [0.05, 0.1) is 16.8 Å². The molecule has 0 bridgehead atoms. The zero-order valence-corrected chi connectivity index (χ0v) is 9.74. The van der Waals surface area contributed by atoms with E-state index in [4.69, 9.17) is 0 Å². The minimum atomic E-state index is -0.630. The van der Waals surface area contributed by atoms with Crippen molar-refractivity contribution in [2.75, 3.05) is 0 Å². The quantitative estimate of drug-likeness (QED) is 0.495. The van der Waals surface area contributed by atoms with Crippen molar-refractivity contribution < 1.29 is 9.72 Å². The van der Waals surface area contributed by atoms with Gasteiger partial charge >= 0.3 is 0 Å². The maximum absolute atomic E-state index is 11.8. The summed E-state index contributed by atoms with van der Waals surface area (Å²) in [6.45, 7) is 0. The molecule has 19 heavy (non-hydrogen) atoms. The van der Waals surface area contributed by atoms with Crippen LogP contribution in [0.4, 0.5) is 5.69 Å². The van der Waals surface area contributed by atoms with Crippen molar-refractivity contribution in [1.82, 2.24) is 10.4 Å². The third kappa shape index (κ3) is 3.03. The monoisotopic (exact) mass is 258 g/mol. The summed E-state index contributed by atoms with van der Waals surface area (Å²) in [4.78, 5) is 24.8. The summed E-state index contributed by atoms with van der Waals surface area (Å²) in [6.07, 6.45) is 3.12. The van der Waals surface area contributed by atoms with Gasteiger partial charge in [-0.25, -0.2) is 5.43 Å². The second-order valence-electron chi connectivity index (χ2n) is 3.60. The molecule has 0 spiro atoms. The Balaban J connectivity index is 2.10. The van der Waals surface area contributed by atoms with E-state index in [1.54, 1.807) is 24.4 Å². The van der Waals surface area contributed by atoms with E-state index in [0.717, 1.165) is 0 Å². The number of H-pyrrole nitrogens is 1. The van der Waals surface area contributed by atoms with Crippen LogP contribution in [0.5, 0.6) is 0 Å². The van der Waals surface area contributed by atoms with Crippen LogP contribution in [0.2, 0.25) is 0 Å². The summed E-state index contributed by atoms with van der Waals surface area (Å²) in [5.74, 6) is -0.630. The van der Waals surface area contributed by atoms with Crippen LogP contribution in [0.15, 0.2) is 47.7 Å². The molecule has 0 unspecified atom stereocenters. The van der Waals surface area contributed by atoms with Crippen molar-refractivity contribution >= 4 is 17.8 Å². The molecule has 0 saturated carbocycles. The van der Waals surface area contributed by atoms with Gasteiger partial charge in [0.25, 0.3) is 11.6 Å². The number of hydrogen-bond acceptors (Lipinski definition) is 4. The van der Waals surface area contributed by atoms with E-state index in [0.29, 0.717) is 5.69 Å². The van der Waals surface area contributed by atoms with Crippen LogP contribution in [0.25, 0.3) is 0 Å². The summed E-state index contributed by atoms with van der Waals surface area (Å²) in [6, 6.07) is 9.24. The van der Waals surface area contributed by atoms with Crippen LogP contribution >= 0.6 is 0 Å². The molecular weight excluding hydrogens is 248 g/mol. The van der Waals surface area contributed by atoms with Gasteiger partial charge < -0.3 is 4.98 Å². The number of hydrogen-bond donors (Lipinski definition) is 2. The van der Waals surface area contributed by atoms with Crippen LogP contribution in [-0.2, 0) is 0 Å². The summed E-state index contributed by atoms with van der Waals surface area (Å²) < 4.78 is 0. The molecule has 0 fully saturated rings. The summed E-state index contributed by atoms with van der Waals surface area (Å²) in [7, 11) is 0. The number of nitro groups is 1. The van der Waals surface area contributed by atoms with Crippen molar-refractivity contribution in [3.8, 4) is 0 Å². The number of nitro benzene ring substituents is 1.